The van der Waals surface area contributed by atoms with E-state index in [1.54, 1.807) is 6.07 Å². The minimum Gasteiger partial charge on any atom is -0.398 e. The average Bonchev–Trinajstić information content (AvgIpc) is 1.97. The number of nitrogen functional groups attached to an aromatic ring is 1. The molecule has 0 saturated carbocycles. The second kappa shape index (κ2) is 3.22. The van der Waals surface area contributed by atoms with E-state index in [-0.39, 0.29) is 6.42 Å². The number of anilines is 1. The SMILES string of the molecule is N#CCc1c(N)ccnc1Cl. The fourth-order valence-electron chi connectivity index (χ4n) is 0.735. The first kappa shape index (κ1) is 7.83. The van der Waals surface area contributed by atoms with Crippen LogP contribution in [0.15, 0.2) is 12.3 Å². The van der Waals surface area contributed by atoms with Gasteiger partial charge < -0.3 is 5.73 Å². The molecule has 56 valence electrons. The molecule has 4 heteroatoms. The molecule has 0 aliphatic carbocycles. The highest BCUT2D eigenvalue weighted by molar-refractivity contribution is 6.30. The first-order valence-corrected chi connectivity index (χ1v) is 3.39. The lowest BCUT2D eigenvalue weighted by Crippen LogP contribution is -1.95. The summed E-state index contributed by atoms with van der Waals surface area (Å²) >= 11 is 5.67. The van der Waals surface area contributed by atoms with Gasteiger partial charge in [-0.1, -0.05) is 11.6 Å². The van der Waals surface area contributed by atoms with Gasteiger partial charge in [-0.15, -0.1) is 0 Å². The standard InChI is InChI=1S/C7H6ClN3/c8-7-5(1-3-9)6(10)2-4-11-7/h2,4H,1H2,(H2,10,11). The molecule has 0 aromatic carbocycles. The maximum atomic E-state index is 8.38. The Balaban J connectivity index is 3.12. The number of rotatable bonds is 1. The fraction of sp³-hybridized carbons (Fsp3) is 0.143. The maximum absolute atomic E-state index is 8.38. The maximum Gasteiger partial charge on any atom is 0.135 e. The van der Waals surface area contributed by atoms with Crippen LogP contribution in [0.1, 0.15) is 5.56 Å². The van der Waals surface area contributed by atoms with Crippen molar-refractivity contribution < 1.29 is 0 Å². The quantitative estimate of drug-likeness (QED) is 0.643. The van der Waals surface area contributed by atoms with E-state index in [1.807, 2.05) is 6.07 Å². The van der Waals surface area contributed by atoms with Crippen molar-refractivity contribution in [1.82, 2.24) is 4.98 Å². The Kier molecular flexibility index (Phi) is 2.29. The molecular formula is C7H6ClN3. The van der Waals surface area contributed by atoms with Crippen LogP contribution >= 0.6 is 11.6 Å². The minimum atomic E-state index is 0.207. The highest BCUT2D eigenvalue weighted by atomic mass is 35.5. The van der Waals surface area contributed by atoms with Crippen molar-refractivity contribution in [3.8, 4) is 6.07 Å². The van der Waals surface area contributed by atoms with Crippen LogP contribution in [-0.4, -0.2) is 4.98 Å². The predicted molar refractivity (Wildman–Crippen MR) is 43.0 cm³/mol. The molecule has 11 heavy (non-hydrogen) atoms. The number of hydrogen-bond donors (Lipinski definition) is 1. The van der Waals surface area contributed by atoms with Crippen LogP contribution in [0.3, 0.4) is 0 Å². The van der Waals surface area contributed by atoms with E-state index in [1.165, 1.54) is 6.20 Å². The number of nitrogens with zero attached hydrogens (tertiary/aromatic N) is 2. The third-order valence-corrected chi connectivity index (χ3v) is 1.62. The Bertz CT molecular complexity index is 283. The summed E-state index contributed by atoms with van der Waals surface area (Å²) in [5.74, 6) is 0. The van der Waals surface area contributed by atoms with Gasteiger partial charge in [-0.3, -0.25) is 0 Å². The zero-order valence-electron chi connectivity index (χ0n) is 5.71. The minimum absolute atomic E-state index is 0.207. The number of nitriles is 1. The summed E-state index contributed by atoms with van der Waals surface area (Å²) in [4.78, 5) is 3.79. The third-order valence-electron chi connectivity index (χ3n) is 1.30. The molecule has 0 spiro atoms. The number of pyridine rings is 1. The molecule has 0 unspecified atom stereocenters. The van der Waals surface area contributed by atoms with Crippen molar-refractivity contribution in [3.05, 3.63) is 23.0 Å². The molecule has 0 amide bonds. The second-order valence-corrected chi connectivity index (χ2v) is 2.36. The Morgan fingerprint density at radius 2 is 2.45 bits per heavy atom. The molecule has 1 heterocycles. The highest BCUT2D eigenvalue weighted by Crippen LogP contribution is 2.18. The van der Waals surface area contributed by atoms with Gasteiger partial charge in [0.25, 0.3) is 0 Å². The summed E-state index contributed by atoms with van der Waals surface area (Å²) in [5.41, 5.74) is 6.66. The number of halogens is 1. The Labute approximate surface area is 69.4 Å². The van der Waals surface area contributed by atoms with E-state index in [9.17, 15) is 0 Å². The van der Waals surface area contributed by atoms with Gasteiger partial charge in [0.1, 0.15) is 5.15 Å². The topological polar surface area (TPSA) is 62.7 Å². The van der Waals surface area contributed by atoms with E-state index in [4.69, 9.17) is 22.6 Å². The first-order chi connectivity index (χ1) is 5.25. The van der Waals surface area contributed by atoms with Gasteiger partial charge in [-0.2, -0.15) is 5.26 Å². The van der Waals surface area contributed by atoms with Gasteiger partial charge in [-0.05, 0) is 6.07 Å². The highest BCUT2D eigenvalue weighted by Gasteiger charge is 2.03. The lowest BCUT2D eigenvalue weighted by Gasteiger charge is -2.00. The van der Waals surface area contributed by atoms with Crippen LogP contribution in [0.5, 0.6) is 0 Å². The van der Waals surface area contributed by atoms with Crippen molar-refractivity contribution in [1.29, 1.82) is 5.26 Å². The Morgan fingerprint density at radius 1 is 1.73 bits per heavy atom. The van der Waals surface area contributed by atoms with Crippen molar-refractivity contribution in [3.63, 3.8) is 0 Å². The molecule has 0 aliphatic heterocycles. The Morgan fingerprint density at radius 3 is 3.00 bits per heavy atom. The largest absolute Gasteiger partial charge is 0.398 e. The Hall–Kier alpha value is -1.27. The van der Waals surface area contributed by atoms with Crippen LogP contribution in [0.25, 0.3) is 0 Å². The summed E-state index contributed by atoms with van der Waals surface area (Å²) < 4.78 is 0. The molecule has 1 aromatic heterocycles. The van der Waals surface area contributed by atoms with Gasteiger partial charge in [0.05, 0.1) is 12.5 Å². The monoisotopic (exact) mass is 167 g/mol. The lowest BCUT2D eigenvalue weighted by atomic mass is 10.2. The van der Waals surface area contributed by atoms with Crippen LogP contribution in [0, 0.1) is 11.3 Å². The number of nitrogens with two attached hydrogens (primary N) is 1. The zero-order valence-corrected chi connectivity index (χ0v) is 6.47. The van der Waals surface area contributed by atoms with Crippen molar-refractivity contribution >= 4 is 17.3 Å². The van der Waals surface area contributed by atoms with Crippen LogP contribution in [-0.2, 0) is 6.42 Å². The van der Waals surface area contributed by atoms with Gasteiger partial charge in [0, 0.05) is 17.4 Å². The average molecular weight is 168 g/mol. The molecule has 1 aromatic rings. The molecule has 1 rings (SSSR count). The summed E-state index contributed by atoms with van der Waals surface area (Å²) in [6.07, 6.45) is 1.72. The molecule has 0 radical (unpaired) electrons. The first-order valence-electron chi connectivity index (χ1n) is 3.01. The van der Waals surface area contributed by atoms with E-state index in [0.717, 1.165) is 0 Å². The van der Waals surface area contributed by atoms with E-state index in [0.29, 0.717) is 16.4 Å². The second-order valence-electron chi connectivity index (χ2n) is 2.00. The third kappa shape index (κ3) is 1.60. The molecule has 0 bridgehead atoms. The summed E-state index contributed by atoms with van der Waals surface area (Å²) in [5, 5.41) is 8.69. The van der Waals surface area contributed by atoms with Crippen LogP contribution in [0.2, 0.25) is 5.15 Å². The lowest BCUT2D eigenvalue weighted by molar-refractivity contribution is 1.20. The molecule has 0 saturated heterocycles. The smallest absolute Gasteiger partial charge is 0.135 e. The van der Waals surface area contributed by atoms with Crippen molar-refractivity contribution in [2.75, 3.05) is 5.73 Å². The molecule has 2 N–H and O–H groups in total. The van der Waals surface area contributed by atoms with Crippen molar-refractivity contribution in [2.45, 2.75) is 6.42 Å². The van der Waals surface area contributed by atoms with E-state index in [2.05, 4.69) is 4.98 Å². The predicted octanol–water partition coefficient (Wildman–Crippen LogP) is 1.38. The summed E-state index contributed by atoms with van der Waals surface area (Å²) in [6.45, 7) is 0. The number of aromatic nitrogens is 1. The van der Waals surface area contributed by atoms with E-state index < -0.39 is 0 Å². The van der Waals surface area contributed by atoms with Gasteiger partial charge in [0.2, 0.25) is 0 Å². The number of hydrogen-bond acceptors (Lipinski definition) is 3. The van der Waals surface area contributed by atoms with Gasteiger partial charge in [-0.25, -0.2) is 4.98 Å². The summed E-state index contributed by atoms with van der Waals surface area (Å²) in [7, 11) is 0. The van der Waals surface area contributed by atoms with Crippen LogP contribution < -0.4 is 5.73 Å². The molecule has 3 nitrogen and oxygen atoms in total. The van der Waals surface area contributed by atoms with Crippen molar-refractivity contribution in [2.24, 2.45) is 0 Å². The molecule has 0 fully saturated rings. The van der Waals surface area contributed by atoms with E-state index >= 15 is 0 Å². The molecular weight excluding hydrogens is 162 g/mol. The molecule has 0 aliphatic rings. The normalized spacial score (nSPS) is 9.09. The fourth-order valence-corrected chi connectivity index (χ4v) is 0.967. The van der Waals surface area contributed by atoms with Gasteiger partial charge >= 0.3 is 0 Å². The van der Waals surface area contributed by atoms with Crippen LogP contribution in [0.4, 0.5) is 5.69 Å². The van der Waals surface area contributed by atoms with Gasteiger partial charge in [0.15, 0.2) is 0 Å². The summed E-state index contributed by atoms with van der Waals surface area (Å²) in [6, 6.07) is 3.58. The zero-order chi connectivity index (χ0) is 8.27. The molecule has 0 atom stereocenters.